The smallest absolute Gasteiger partial charge is 0.343 e. The molecule has 1 aromatic heterocycles. The molecule has 0 bridgehead atoms. The molecule has 2 rings (SSSR count). The Labute approximate surface area is 122 Å². The summed E-state index contributed by atoms with van der Waals surface area (Å²) < 4.78 is 5.04. The number of nitrogens with two attached hydrogens (primary N) is 1. The number of Topliss-reactive ketones (excluding diaryl/α,β-unsaturated/α-hetero) is 1. The molecular weight excluding hydrogens is 276 g/mol. The monoisotopic (exact) mass is 296 g/mol. The molecule has 0 spiro atoms. The molecule has 0 atom stereocenters. The lowest BCUT2D eigenvalue weighted by molar-refractivity contribution is 0.0529. The van der Waals surface area contributed by atoms with Gasteiger partial charge in [0.25, 0.3) is 0 Å². The standard InChI is InChI=1S/C14H20N2O3S/c1-4-19-14(18)9-10(15)12(11(17)8-5-6-8)20-13(9)16-7(2)3/h7-8,16H,4-6,15H2,1-3H3. The van der Waals surface area contributed by atoms with Gasteiger partial charge in [-0.05, 0) is 33.6 Å². The molecular formula is C14H20N2O3S. The number of thiophene rings is 1. The zero-order valence-corrected chi connectivity index (χ0v) is 12.8. The molecule has 1 fully saturated rings. The van der Waals surface area contributed by atoms with E-state index < -0.39 is 5.97 Å². The highest BCUT2D eigenvalue weighted by atomic mass is 32.1. The molecule has 0 radical (unpaired) electrons. The molecule has 1 saturated carbocycles. The molecule has 1 aliphatic rings. The Morgan fingerprint density at radius 3 is 2.60 bits per heavy atom. The second-order valence-electron chi connectivity index (χ2n) is 5.21. The van der Waals surface area contributed by atoms with E-state index in [9.17, 15) is 9.59 Å². The van der Waals surface area contributed by atoms with Gasteiger partial charge in [-0.3, -0.25) is 4.79 Å². The SMILES string of the molecule is CCOC(=O)c1c(NC(C)C)sc(C(=O)C2CC2)c1N. The number of ketones is 1. The molecule has 1 heterocycles. The van der Waals surface area contributed by atoms with Crippen molar-refractivity contribution in [2.45, 2.75) is 39.7 Å². The lowest BCUT2D eigenvalue weighted by Gasteiger charge is -2.10. The third-order valence-electron chi connectivity index (χ3n) is 3.02. The van der Waals surface area contributed by atoms with Crippen LogP contribution in [0.25, 0.3) is 0 Å². The summed E-state index contributed by atoms with van der Waals surface area (Å²) in [5, 5.41) is 3.80. The minimum absolute atomic E-state index is 0.0508. The zero-order valence-electron chi connectivity index (χ0n) is 12.0. The van der Waals surface area contributed by atoms with E-state index >= 15 is 0 Å². The van der Waals surface area contributed by atoms with E-state index in [0.29, 0.717) is 15.4 Å². The van der Waals surface area contributed by atoms with Crippen LogP contribution in [-0.2, 0) is 4.74 Å². The maximum atomic E-state index is 12.2. The number of hydrogen-bond acceptors (Lipinski definition) is 6. The molecule has 0 aliphatic heterocycles. The van der Waals surface area contributed by atoms with Gasteiger partial charge in [0.2, 0.25) is 0 Å². The fourth-order valence-corrected chi connectivity index (χ4v) is 3.20. The molecule has 5 nitrogen and oxygen atoms in total. The summed E-state index contributed by atoms with van der Waals surface area (Å²) in [7, 11) is 0. The Bertz CT molecular complexity index is 533. The molecule has 3 N–H and O–H groups in total. The first-order valence-corrected chi connectivity index (χ1v) is 7.67. The first-order chi connectivity index (χ1) is 9.45. The predicted molar refractivity (Wildman–Crippen MR) is 80.5 cm³/mol. The molecule has 110 valence electrons. The van der Waals surface area contributed by atoms with Crippen molar-refractivity contribution < 1.29 is 14.3 Å². The molecule has 1 aliphatic carbocycles. The van der Waals surface area contributed by atoms with Crippen LogP contribution in [0.5, 0.6) is 0 Å². The first-order valence-electron chi connectivity index (χ1n) is 6.85. The van der Waals surface area contributed by atoms with Crippen LogP contribution in [0.3, 0.4) is 0 Å². The van der Waals surface area contributed by atoms with Crippen LogP contribution in [0.1, 0.15) is 53.6 Å². The van der Waals surface area contributed by atoms with Crippen LogP contribution in [0, 0.1) is 5.92 Å². The first kappa shape index (κ1) is 14.8. The van der Waals surface area contributed by atoms with Gasteiger partial charge >= 0.3 is 5.97 Å². The number of hydrogen-bond donors (Lipinski definition) is 2. The van der Waals surface area contributed by atoms with Crippen molar-refractivity contribution in [2.24, 2.45) is 5.92 Å². The number of anilines is 2. The number of nitrogens with one attached hydrogen (secondary N) is 1. The Kier molecular flexibility index (Phi) is 4.32. The molecule has 20 heavy (non-hydrogen) atoms. The van der Waals surface area contributed by atoms with Crippen LogP contribution >= 0.6 is 11.3 Å². The predicted octanol–water partition coefficient (Wildman–Crippen LogP) is 2.92. The maximum Gasteiger partial charge on any atom is 0.343 e. The average molecular weight is 296 g/mol. The van der Waals surface area contributed by atoms with Gasteiger partial charge in [-0.2, -0.15) is 0 Å². The van der Waals surface area contributed by atoms with E-state index in [-0.39, 0.29) is 30.0 Å². The van der Waals surface area contributed by atoms with Crippen LogP contribution in [0.4, 0.5) is 10.7 Å². The minimum atomic E-state index is -0.473. The van der Waals surface area contributed by atoms with Crippen molar-refractivity contribution in [3.8, 4) is 0 Å². The lowest BCUT2D eigenvalue weighted by atomic mass is 10.1. The molecule has 0 aromatic carbocycles. The van der Waals surface area contributed by atoms with Crippen molar-refractivity contribution in [1.29, 1.82) is 0 Å². The summed E-state index contributed by atoms with van der Waals surface area (Å²) >= 11 is 1.26. The zero-order chi connectivity index (χ0) is 14.9. The third-order valence-corrected chi connectivity index (χ3v) is 4.17. The van der Waals surface area contributed by atoms with E-state index in [2.05, 4.69) is 5.32 Å². The van der Waals surface area contributed by atoms with Crippen molar-refractivity contribution in [3.05, 3.63) is 10.4 Å². The summed E-state index contributed by atoms with van der Waals surface area (Å²) in [4.78, 5) is 24.7. The normalized spacial score (nSPS) is 14.4. The van der Waals surface area contributed by atoms with Crippen LogP contribution in [-0.4, -0.2) is 24.4 Å². The van der Waals surface area contributed by atoms with Crippen LogP contribution in [0.15, 0.2) is 0 Å². The quantitative estimate of drug-likeness (QED) is 0.623. The van der Waals surface area contributed by atoms with Crippen molar-refractivity contribution >= 4 is 33.8 Å². The maximum absolute atomic E-state index is 12.2. The van der Waals surface area contributed by atoms with Crippen molar-refractivity contribution in [2.75, 3.05) is 17.7 Å². The lowest BCUT2D eigenvalue weighted by Crippen LogP contribution is -2.14. The summed E-state index contributed by atoms with van der Waals surface area (Å²) in [5.74, 6) is -0.341. The molecule has 0 amide bonds. The van der Waals surface area contributed by atoms with Crippen LogP contribution < -0.4 is 11.1 Å². The summed E-state index contributed by atoms with van der Waals surface area (Å²) in [6.45, 7) is 5.95. The highest BCUT2D eigenvalue weighted by molar-refractivity contribution is 7.19. The second-order valence-corrected chi connectivity index (χ2v) is 6.23. The summed E-state index contributed by atoms with van der Waals surface area (Å²) in [6.07, 6.45) is 1.83. The number of nitrogen functional groups attached to an aromatic ring is 1. The molecule has 6 heteroatoms. The van der Waals surface area contributed by atoms with Gasteiger partial charge in [0.1, 0.15) is 10.6 Å². The highest BCUT2D eigenvalue weighted by Crippen LogP contribution is 2.42. The van der Waals surface area contributed by atoms with Gasteiger partial charge in [-0.15, -0.1) is 11.3 Å². The van der Waals surface area contributed by atoms with Gasteiger partial charge in [0.05, 0.1) is 17.2 Å². The third kappa shape index (κ3) is 2.95. The largest absolute Gasteiger partial charge is 0.462 e. The summed E-state index contributed by atoms with van der Waals surface area (Å²) in [6, 6.07) is 0.144. The van der Waals surface area contributed by atoms with Gasteiger partial charge in [-0.1, -0.05) is 0 Å². The minimum Gasteiger partial charge on any atom is -0.462 e. The van der Waals surface area contributed by atoms with Crippen molar-refractivity contribution in [3.63, 3.8) is 0 Å². The van der Waals surface area contributed by atoms with Gasteiger partial charge < -0.3 is 15.8 Å². The molecule has 0 saturated heterocycles. The Morgan fingerprint density at radius 2 is 2.10 bits per heavy atom. The fraction of sp³-hybridized carbons (Fsp3) is 0.571. The van der Waals surface area contributed by atoms with Gasteiger partial charge in [-0.25, -0.2) is 4.79 Å². The van der Waals surface area contributed by atoms with E-state index in [1.807, 2.05) is 13.8 Å². The number of rotatable bonds is 6. The van der Waals surface area contributed by atoms with Crippen molar-refractivity contribution in [1.82, 2.24) is 0 Å². The van der Waals surface area contributed by atoms with E-state index in [0.717, 1.165) is 12.8 Å². The van der Waals surface area contributed by atoms with E-state index in [1.54, 1.807) is 6.92 Å². The number of ether oxygens (including phenoxy) is 1. The van der Waals surface area contributed by atoms with E-state index in [1.165, 1.54) is 11.3 Å². The Balaban J connectivity index is 2.39. The Hall–Kier alpha value is -1.56. The number of esters is 1. The average Bonchev–Trinajstić information content (AvgIpc) is 3.14. The van der Waals surface area contributed by atoms with E-state index in [4.69, 9.17) is 10.5 Å². The number of carbonyl (C=O) groups excluding carboxylic acids is 2. The summed E-state index contributed by atoms with van der Waals surface area (Å²) in [5.41, 5.74) is 6.58. The molecule has 1 aromatic rings. The highest BCUT2D eigenvalue weighted by Gasteiger charge is 2.35. The van der Waals surface area contributed by atoms with Gasteiger partial charge in [0, 0.05) is 12.0 Å². The Morgan fingerprint density at radius 1 is 1.45 bits per heavy atom. The topological polar surface area (TPSA) is 81.4 Å². The van der Waals surface area contributed by atoms with Gasteiger partial charge in [0.15, 0.2) is 5.78 Å². The second kappa shape index (κ2) is 5.83. The number of carbonyl (C=O) groups is 2. The molecule has 0 unspecified atom stereocenters. The fourth-order valence-electron chi connectivity index (χ4n) is 1.93. The van der Waals surface area contributed by atoms with Crippen LogP contribution in [0.2, 0.25) is 0 Å².